The van der Waals surface area contributed by atoms with E-state index in [1.54, 1.807) is 11.8 Å². The van der Waals surface area contributed by atoms with Crippen LogP contribution in [0.4, 0.5) is 18.0 Å². The molecule has 2 heterocycles. The molecule has 0 bridgehead atoms. The number of alkyl halides is 3. The number of amides is 2. The highest BCUT2D eigenvalue weighted by Gasteiger charge is 2.31. The Kier molecular flexibility index (Phi) is 9.49. The molecule has 0 spiro atoms. The van der Waals surface area contributed by atoms with E-state index in [-0.39, 0.29) is 23.7 Å². The van der Waals surface area contributed by atoms with Crippen LogP contribution in [-0.2, 0) is 12.8 Å². The first-order valence-electron chi connectivity index (χ1n) is 14.2. The molecule has 4 aromatic rings. The van der Waals surface area contributed by atoms with Gasteiger partial charge in [-0.25, -0.2) is 14.5 Å². The fourth-order valence-corrected chi connectivity index (χ4v) is 6.20. The molecule has 1 aliphatic heterocycles. The van der Waals surface area contributed by atoms with Gasteiger partial charge in [0, 0.05) is 23.3 Å². The van der Waals surface area contributed by atoms with E-state index in [1.165, 1.54) is 46.4 Å². The van der Waals surface area contributed by atoms with Gasteiger partial charge < -0.3 is 10.1 Å². The van der Waals surface area contributed by atoms with E-state index in [2.05, 4.69) is 56.3 Å². The molecule has 43 heavy (non-hydrogen) atoms. The second kappa shape index (κ2) is 13.5. The summed E-state index contributed by atoms with van der Waals surface area (Å²) in [5.74, 6) is 1.33. The van der Waals surface area contributed by atoms with Crippen molar-refractivity contribution in [3.05, 3.63) is 95.8 Å². The number of nitrogens with one attached hydrogen (secondary N) is 1. The van der Waals surface area contributed by atoms with E-state index < -0.39 is 6.36 Å². The number of carbonyl (C=O) groups excluding carboxylic acids is 1. The average Bonchev–Trinajstić information content (AvgIpc) is 3.66. The summed E-state index contributed by atoms with van der Waals surface area (Å²) in [7, 11) is 0. The maximum absolute atomic E-state index is 12.8. The number of carbonyl (C=O) groups is 1. The second-order valence-electron chi connectivity index (χ2n) is 10.3. The number of aryl methyl sites for hydroxylation is 2. The molecule has 2 amide bonds. The number of rotatable bonds is 9. The number of nitrogens with zero attached hydrogens (tertiary/aromatic N) is 4. The summed E-state index contributed by atoms with van der Waals surface area (Å²) >= 11 is 1.67. The predicted octanol–water partition coefficient (Wildman–Crippen LogP) is 7.75. The number of aliphatic imine (C=N–C) groups is 1. The molecule has 1 fully saturated rings. The molecular formula is C32H32F3N5O2S. The van der Waals surface area contributed by atoms with Crippen molar-refractivity contribution >= 4 is 22.8 Å². The quantitative estimate of drug-likeness (QED) is 0.211. The Balaban J connectivity index is 1.13. The third-order valence-electron chi connectivity index (χ3n) is 7.25. The van der Waals surface area contributed by atoms with Crippen molar-refractivity contribution in [1.29, 1.82) is 0 Å². The van der Waals surface area contributed by atoms with Gasteiger partial charge in [0.25, 0.3) is 0 Å². The van der Waals surface area contributed by atoms with Gasteiger partial charge in [0.2, 0.25) is 0 Å². The fourth-order valence-electron chi connectivity index (χ4n) is 5.04. The van der Waals surface area contributed by atoms with Crippen molar-refractivity contribution in [2.45, 2.75) is 57.9 Å². The summed E-state index contributed by atoms with van der Waals surface area (Å²) < 4.78 is 42.6. The number of halogens is 3. The maximum Gasteiger partial charge on any atom is 0.573 e. The third kappa shape index (κ3) is 8.04. The highest BCUT2D eigenvalue weighted by Crippen LogP contribution is 2.37. The Bertz CT molecular complexity index is 1570. The van der Waals surface area contributed by atoms with E-state index in [1.807, 2.05) is 31.2 Å². The summed E-state index contributed by atoms with van der Waals surface area (Å²) in [6, 6.07) is 21.3. The highest BCUT2D eigenvalue weighted by atomic mass is 32.2. The molecule has 0 radical (unpaired) electrons. The molecule has 7 nitrogen and oxygen atoms in total. The number of hydrogen-bond acceptors (Lipinski definition) is 5. The Hall–Kier alpha value is -4.12. The molecule has 1 aliphatic rings. The maximum atomic E-state index is 12.8. The van der Waals surface area contributed by atoms with Gasteiger partial charge in [0.05, 0.1) is 10.7 Å². The fraction of sp³-hybridized carbons (Fsp3) is 0.312. The monoisotopic (exact) mass is 607 g/mol. The van der Waals surface area contributed by atoms with Crippen LogP contribution in [0.15, 0.2) is 84.1 Å². The van der Waals surface area contributed by atoms with Gasteiger partial charge in [0.15, 0.2) is 5.82 Å². The smallest absolute Gasteiger partial charge is 0.406 e. The van der Waals surface area contributed by atoms with Gasteiger partial charge in [-0.1, -0.05) is 55.5 Å². The minimum Gasteiger partial charge on any atom is -0.406 e. The third-order valence-corrected chi connectivity index (χ3v) is 8.36. The lowest BCUT2D eigenvalue weighted by Crippen LogP contribution is -2.31. The lowest BCUT2D eigenvalue weighted by Gasteiger charge is -2.16. The molecule has 0 aliphatic carbocycles. The minimum atomic E-state index is -4.74. The first-order valence-corrected chi connectivity index (χ1v) is 15.1. The summed E-state index contributed by atoms with van der Waals surface area (Å²) in [6.45, 7) is 4.13. The van der Waals surface area contributed by atoms with Crippen LogP contribution in [-0.4, -0.2) is 44.0 Å². The number of thioether (sulfide) groups is 1. The minimum absolute atomic E-state index is 0.0467. The standard InChI is InChI=1S/C32H32F3N5O2S/c1-3-23-6-4-5-7-27(23)28-18-19-43-30(28)38-31(41)37-21(2)8-9-22-10-12-24(13-11-22)29-36-20-40(39-29)25-14-16-26(17-15-25)42-32(33,34)35/h4-7,10-17,20-21,28H,3,8-9,18-19H2,1-2H3,(H,37,41)/b38-30-. The summed E-state index contributed by atoms with van der Waals surface area (Å²) in [5, 5.41) is 8.36. The van der Waals surface area contributed by atoms with Crippen LogP contribution >= 0.6 is 11.8 Å². The molecule has 3 aromatic carbocycles. The Morgan fingerprint density at radius 1 is 1.12 bits per heavy atom. The zero-order valence-corrected chi connectivity index (χ0v) is 24.7. The molecule has 11 heteroatoms. The zero-order chi connectivity index (χ0) is 30.4. The van der Waals surface area contributed by atoms with Gasteiger partial charge in [0.1, 0.15) is 12.1 Å². The van der Waals surface area contributed by atoms with E-state index >= 15 is 0 Å². The Morgan fingerprint density at radius 3 is 2.58 bits per heavy atom. The number of urea groups is 1. The lowest BCUT2D eigenvalue weighted by molar-refractivity contribution is -0.274. The lowest BCUT2D eigenvalue weighted by atomic mass is 9.92. The predicted molar refractivity (Wildman–Crippen MR) is 163 cm³/mol. The number of benzene rings is 3. The first kappa shape index (κ1) is 30.3. The van der Waals surface area contributed by atoms with Crippen LogP contribution in [0.5, 0.6) is 5.75 Å². The van der Waals surface area contributed by atoms with Crippen molar-refractivity contribution < 1.29 is 22.7 Å². The van der Waals surface area contributed by atoms with Gasteiger partial charge >= 0.3 is 12.4 Å². The van der Waals surface area contributed by atoms with Crippen molar-refractivity contribution in [3.63, 3.8) is 0 Å². The van der Waals surface area contributed by atoms with E-state index in [0.717, 1.165) is 47.6 Å². The largest absolute Gasteiger partial charge is 0.573 e. The Morgan fingerprint density at radius 2 is 1.86 bits per heavy atom. The average molecular weight is 608 g/mol. The summed E-state index contributed by atoms with van der Waals surface area (Å²) in [4.78, 5) is 21.5. The molecule has 2 atom stereocenters. The molecule has 1 saturated heterocycles. The molecular weight excluding hydrogens is 575 g/mol. The zero-order valence-electron chi connectivity index (χ0n) is 23.8. The highest BCUT2D eigenvalue weighted by molar-refractivity contribution is 8.14. The van der Waals surface area contributed by atoms with Gasteiger partial charge in [-0.2, -0.15) is 4.99 Å². The van der Waals surface area contributed by atoms with Gasteiger partial charge in [-0.3, -0.25) is 0 Å². The molecule has 224 valence electrons. The Labute approximate surface area is 252 Å². The van der Waals surface area contributed by atoms with Crippen molar-refractivity contribution in [2.75, 3.05) is 5.75 Å². The van der Waals surface area contributed by atoms with Crippen molar-refractivity contribution in [1.82, 2.24) is 20.1 Å². The van der Waals surface area contributed by atoms with Crippen molar-refractivity contribution in [2.24, 2.45) is 4.99 Å². The molecule has 1 aromatic heterocycles. The number of aromatic nitrogens is 3. The van der Waals surface area contributed by atoms with Crippen LogP contribution in [0.3, 0.4) is 0 Å². The van der Waals surface area contributed by atoms with Gasteiger partial charge in [-0.05, 0) is 73.6 Å². The van der Waals surface area contributed by atoms with Crippen LogP contribution in [0.1, 0.15) is 49.3 Å². The number of hydrogen-bond donors (Lipinski definition) is 1. The van der Waals surface area contributed by atoms with E-state index in [4.69, 9.17) is 0 Å². The van der Waals surface area contributed by atoms with Crippen LogP contribution in [0.25, 0.3) is 17.1 Å². The molecule has 0 saturated carbocycles. The molecule has 1 N–H and O–H groups in total. The van der Waals surface area contributed by atoms with E-state index in [0.29, 0.717) is 11.5 Å². The van der Waals surface area contributed by atoms with Crippen LogP contribution in [0, 0.1) is 0 Å². The van der Waals surface area contributed by atoms with Crippen LogP contribution < -0.4 is 10.1 Å². The normalized spacial score (nSPS) is 16.8. The van der Waals surface area contributed by atoms with Gasteiger partial charge in [-0.15, -0.1) is 30.0 Å². The van der Waals surface area contributed by atoms with E-state index in [9.17, 15) is 18.0 Å². The SMILES string of the molecule is CCc1ccccc1C1CCS/C1=N\C(=O)NC(C)CCc1ccc(-c2ncn(-c3ccc(OC(F)(F)F)cc3)n2)cc1. The van der Waals surface area contributed by atoms with Crippen molar-refractivity contribution in [3.8, 4) is 22.8 Å². The second-order valence-corrected chi connectivity index (χ2v) is 11.4. The summed E-state index contributed by atoms with van der Waals surface area (Å²) in [6.07, 6.45) is 0.236. The topological polar surface area (TPSA) is 81.4 Å². The van der Waals surface area contributed by atoms with Crippen LogP contribution in [0.2, 0.25) is 0 Å². The molecule has 2 unspecified atom stereocenters. The molecule has 5 rings (SSSR count). The number of ether oxygens (including phenoxy) is 1. The first-order chi connectivity index (χ1) is 20.7. The summed E-state index contributed by atoms with van der Waals surface area (Å²) in [5.41, 5.74) is 5.05.